The predicted octanol–water partition coefficient (Wildman–Crippen LogP) is 3.51. The Morgan fingerprint density at radius 1 is 1.04 bits per heavy atom. The van der Waals surface area contributed by atoms with Crippen LogP contribution in [-0.2, 0) is 17.6 Å². The van der Waals surface area contributed by atoms with Gasteiger partial charge in [0.1, 0.15) is 17.1 Å². The lowest BCUT2D eigenvalue weighted by molar-refractivity contribution is 0.0523. The third kappa shape index (κ3) is 3.86. The summed E-state index contributed by atoms with van der Waals surface area (Å²) in [4.78, 5) is 28.7. The lowest BCUT2D eigenvalue weighted by atomic mass is 10.0. The number of hydrogen-bond acceptors (Lipinski definition) is 5. The van der Waals surface area contributed by atoms with Crippen molar-refractivity contribution in [2.75, 3.05) is 20.8 Å². The molecule has 0 bridgehead atoms. The highest BCUT2D eigenvalue weighted by atomic mass is 16.5. The smallest absolute Gasteiger partial charge is 0.343 e. The number of hydrogen-bond donors (Lipinski definition) is 1. The van der Waals surface area contributed by atoms with Crippen LogP contribution in [0.15, 0.2) is 47.3 Å². The number of aromatic nitrogens is 1. The first kappa shape index (κ1) is 19.5. The van der Waals surface area contributed by atoms with Crippen LogP contribution in [-0.4, -0.2) is 31.8 Å². The molecule has 1 aromatic heterocycles. The third-order valence-corrected chi connectivity index (χ3v) is 4.60. The zero-order valence-electron chi connectivity index (χ0n) is 16.2. The van der Waals surface area contributed by atoms with E-state index in [1.54, 1.807) is 33.3 Å². The number of pyridine rings is 1. The van der Waals surface area contributed by atoms with Crippen molar-refractivity contribution in [1.82, 2.24) is 4.98 Å². The normalized spacial score (nSPS) is 10.7. The molecule has 6 heteroatoms. The fraction of sp³-hybridized carbons (Fsp3) is 0.273. The number of H-pyrrole nitrogens is 1. The lowest BCUT2D eigenvalue weighted by Gasteiger charge is -2.13. The fourth-order valence-electron chi connectivity index (χ4n) is 3.23. The number of carbonyl (C=O) groups excluding carboxylic acids is 1. The minimum absolute atomic E-state index is 0.0578. The summed E-state index contributed by atoms with van der Waals surface area (Å²) in [5.41, 5.74) is 1.90. The molecule has 2 aromatic carbocycles. The molecule has 0 fully saturated rings. The molecule has 1 N–H and O–H groups in total. The first-order chi connectivity index (χ1) is 13.6. The molecule has 0 unspecified atom stereocenters. The number of aryl methyl sites for hydroxylation is 2. The van der Waals surface area contributed by atoms with Crippen LogP contribution >= 0.6 is 0 Å². The highest BCUT2D eigenvalue weighted by Gasteiger charge is 2.20. The molecule has 0 aliphatic rings. The minimum Gasteiger partial charge on any atom is -0.497 e. The third-order valence-electron chi connectivity index (χ3n) is 4.60. The topological polar surface area (TPSA) is 77.6 Å². The van der Waals surface area contributed by atoms with E-state index in [2.05, 4.69) is 4.98 Å². The Kier molecular flexibility index (Phi) is 5.99. The molecular formula is C22H23NO5. The van der Waals surface area contributed by atoms with Crippen LogP contribution in [0, 0.1) is 0 Å². The van der Waals surface area contributed by atoms with Crippen molar-refractivity contribution >= 4 is 16.9 Å². The largest absolute Gasteiger partial charge is 0.497 e. The Hall–Kier alpha value is -3.28. The van der Waals surface area contributed by atoms with Gasteiger partial charge in [-0.1, -0.05) is 12.1 Å². The van der Waals surface area contributed by atoms with Crippen molar-refractivity contribution in [3.05, 3.63) is 69.5 Å². The van der Waals surface area contributed by atoms with E-state index in [0.29, 0.717) is 35.2 Å². The van der Waals surface area contributed by atoms with Crippen molar-refractivity contribution in [1.29, 1.82) is 0 Å². The Labute approximate surface area is 163 Å². The average molecular weight is 381 g/mol. The highest BCUT2D eigenvalue weighted by molar-refractivity contribution is 5.95. The molecule has 0 saturated heterocycles. The van der Waals surface area contributed by atoms with Crippen LogP contribution in [0.2, 0.25) is 0 Å². The Balaban J connectivity index is 2.04. The van der Waals surface area contributed by atoms with E-state index in [-0.39, 0.29) is 17.6 Å². The van der Waals surface area contributed by atoms with Gasteiger partial charge in [-0.3, -0.25) is 4.79 Å². The molecule has 1 heterocycles. The van der Waals surface area contributed by atoms with E-state index in [1.165, 1.54) is 0 Å². The van der Waals surface area contributed by atoms with Gasteiger partial charge in [0, 0.05) is 16.6 Å². The van der Waals surface area contributed by atoms with Gasteiger partial charge in [0.15, 0.2) is 0 Å². The highest BCUT2D eigenvalue weighted by Crippen LogP contribution is 2.25. The van der Waals surface area contributed by atoms with Gasteiger partial charge in [-0.2, -0.15) is 0 Å². The van der Waals surface area contributed by atoms with Crippen LogP contribution in [0.25, 0.3) is 10.9 Å². The van der Waals surface area contributed by atoms with Gasteiger partial charge in [-0.05, 0) is 55.7 Å². The summed E-state index contributed by atoms with van der Waals surface area (Å²) in [6.07, 6.45) is 0.999. The monoisotopic (exact) mass is 381 g/mol. The summed E-state index contributed by atoms with van der Waals surface area (Å²) in [6, 6.07) is 12.7. The van der Waals surface area contributed by atoms with Gasteiger partial charge in [0.05, 0.1) is 20.8 Å². The van der Waals surface area contributed by atoms with Crippen molar-refractivity contribution in [3.8, 4) is 11.5 Å². The number of para-hydroxylation sites is 1. The van der Waals surface area contributed by atoms with Gasteiger partial charge in [-0.15, -0.1) is 0 Å². The number of methoxy groups -OCH3 is 2. The van der Waals surface area contributed by atoms with Gasteiger partial charge >= 0.3 is 5.97 Å². The second-order valence-corrected chi connectivity index (χ2v) is 6.25. The zero-order chi connectivity index (χ0) is 20.1. The van der Waals surface area contributed by atoms with E-state index in [0.717, 1.165) is 11.3 Å². The van der Waals surface area contributed by atoms with Crippen LogP contribution in [0.3, 0.4) is 0 Å². The molecule has 146 valence electrons. The quantitative estimate of drug-likeness (QED) is 0.634. The zero-order valence-corrected chi connectivity index (χ0v) is 16.2. The maximum atomic E-state index is 12.9. The van der Waals surface area contributed by atoms with Crippen molar-refractivity contribution in [3.63, 3.8) is 0 Å². The van der Waals surface area contributed by atoms with Crippen LogP contribution in [0.5, 0.6) is 11.5 Å². The molecule has 0 atom stereocenters. The molecular weight excluding hydrogens is 358 g/mol. The van der Waals surface area contributed by atoms with E-state index < -0.39 is 5.97 Å². The van der Waals surface area contributed by atoms with E-state index >= 15 is 0 Å². The van der Waals surface area contributed by atoms with Crippen molar-refractivity contribution in [2.24, 2.45) is 0 Å². The molecule has 3 aromatic rings. The van der Waals surface area contributed by atoms with E-state index in [1.807, 2.05) is 30.3 Å². The number of nitrogens with one attached hydrogen (secondary N) is 1. The molecule has 28 heavy (non-hydrogen) atoms. The first-order valence-electron chi connectivity index (χ1n) is 9.11. The Bertz CT molecular complexity index is 1050. The molecule has 6 nitrogen and oxygen atoms in total. The molecule has 3 rings (SSSR count). The number of ether oxygens (including phenoxy) is 3. The number of esters is 1. The van der Waals surface area contributed by atoms with Crippen molar-refractivity contribution in [2.45, 2.75) is 19.8 Å². The van der Waals surface area contributed by atoms with Crippen LogP contribution in [0.1, 0.15) is 28.5 Å². The number of fused-ring (bicyclic) bond motifs is 1. The molecule has 0 amide bonds. The average Bonchev–Trinajstić information content (AvgIpc) is 2.72. The van der Waals surface area contributed by atoms with Gasteiger partial charge in [0.2, 0.25) is 5.43 Å². The van der Waals surface area contributed by atoms with Gasteiger partial charge in [0.25, 0.3) is 0 Å². The molecule has 0 aliphatic heterocycles. The van der Waals surface area contributed by atoms with Crippen molar-refractivity contribution < 1.29 is 19.0 Å². The summed E-state index contributed by atoms with van der Waals surface area (Å²) < 4.78 is 15.8. The SMILES string of the molecule is CCOC(=O)c1c(CCc2cc(OC)ccc2OC)[nH]c2ccccc2c1=O. The Morgan fingerprint density at radius 2 is 1.82 bits per heavy atom. The van der Waals surface area contributed by atoms with Gasteiger partial charge < -0.3 is 19.2 Å². The Morgan fingerprint density at radius 3 is 2.54 bits per heavy atom. The standard InChI is InChI=1S/C22H23NO5/c1-4-28-22(25)20-18(23-17-8-6-5-7-16(17)21(20)24)11-9-14-13-15(26-2)10-12-19(14)27-3/h5-8,10,12-13H,4,9,11H2,1-3H3,(H,23,24). The lowest BCUT2D eigenvalue weighted by Crippen LogP contribution is -2.22. The number of benzene rings is 2. The fourth-order valence-corrected chi connectivity index (χ4v) is 3.23. The summed E-state index contributed by atoms with van der Waals surface area (Å²) in [5, 5.41) is 0.466. The summed E-state index contributed by atoms with van der Waals surface area (Å²) in [6.45, 7) is 1.92. The number of aromatic amines is 1. The van der Waals surface area contributed by atoms with E-state index in [9.17, 15) is 9.59 Å². The van der Waals surface area contributed by atoms with Crippen LogP contribution in [0.4, 0.5) is 0 Å². The second-order valence-electron chi connectivity index (χ2n) is 6.25. The summed E-state index contributed by atoms with van der Waals surface area (Å²) in [7, 11) is 3.21. The maximum Gasteiger partial charge on any atom is 0.343 e. The number of rotatable bonds is 7. The minimum atomic E-state index is -0.609. The molecule has 0 radical (unpaired) electrons. The first-order valence-corrected chi connectivity index (χ1v) is 9.11. The predicted molar refractivity (Wildman–Crippen MR) is 107 cm³/mol. The van der Waals surface area contributed by atoms with Crippen LogP contribution < -0.4 is 14.9 Å². The molecule has 0 aliphatic carbocycles. The molecule has 0 saturated carbocycles. The molecule has 0 spiro atoms. The summed E-state index contributed by atoms with van der Waals surface area (Å²) >= 11 is 0. The maximum absolute atomic E-state index is 12.9. The summed E-state index contributed by atoms with van der Waals surface area (Å²) in [5.74, 6) is 0.831. The second kappa shape index (κ2) is 8.61. The van der Waals surface area contributed by atoms with E-state index in [4.69, 9.17) is 14.2 Å². The van der Waals surface area contributed by atoms with Gasteiger partial charge in [-0.25, -0.2) is 4.79 Å². The number of carbonyl (C=O) groups is 1.